The van der Waals surface area contributed by atoms with Crippen molar-refractivity contribution in [1.82, 2.24) is 10.6 Å². The van der Waals surface area contributed by atoms with Gasteiger partial charge >= 0.3 is 0 Å². The first-order chi connectivity index (χ1) is 19.3. The van der Waals surface area contributed by atoms with Crippen molar-refractivity contribution in [2.45, 2.75) is 50.4 Å². The standard InChI is InChI=1S/C30H33BrFN3O5/c1-4-23(33-2)28(36)34-27-29(37)35(17-21-20-10-9-19(31)16-18(20)8-11-25(21)38-3)24-7-5-6-22(32)26(24)40-30(27)12-14-39-15-13-30/h5-11,16,23,27,33H,4,12-15,17H2,1-3H3,(H,34,36). The first kappa shape index (κ1) is 28.3. The Bertz CT molecular complexity index is 1420. The minimum atomic E-state index is -1.18. The molecule has 0 aliphatic carbocycles. The van der Waals surface area contributed by atoms with Gasteiger partial charge in [-0.3, -0.25) is 9.59 Å². The summed E-state index contributed by atoms with van der Waals surface area (Å²) < 4.78 is 34.2. The van der Waals surface area contributed by atoms with E-state index in [0.717, 1.165) is 20.8 Å². The molecule has 2 atom stereocenters. The van der Waals surface area contributed by atoms with Crippen LogP contribution in [0.15, 0.2) is 53.0 Å². The molecule has 1 spiro atoms. The lowest BCUT2D eigenvalue weighted by Gasteiger charge is -2.41. The molecule has 2 aliphatic rings. The molecule has 0 bridgehead atoms. The Balaban J connectivity index is 1.67. The summed E-state index contributed by atoms with van der Waals surface area (Å²) in [7, 11) is 3.28. The summed E-state index contributed by atoms with van der Waals surface area (Å²) in [4.78, 5) is 29.5. The van der Waals surface area contributed by atoms with Gasteiger partial charge in [-0.2, -0.15) is 0 Å². The second-order valence-electron chi connectivity index (χ2n) is 10.1. The number of methoxy groups -OCH3 is 1. The topological polar surface area (TPSA) is 89.1 Å². The molecule has 1 fully saturated rings. The molecule has 3 aromatic rings. The van der Waals surface area contributed by atoms with Crippen molar-refractivity contribution >= 4 is 44.2 Å². The molecule has 5 rings (SSSR count). The number of carbonyl (C=O) groups is 2. The highest BCUT2D eigenvalue weighted by atomic mass is 79.9. The van der Waals surface area contributed by atoms with Crippen LogP contribution in [0, 0.1) is 5.82 Å². The van der Waals surface area contributed by atoms with Crippen LogP contribution in [0.1, 0.15) is 31.7 Å². The predicted molar refractivity (Wildman–Crippen MR) is 154 cm³/mol. The van der Waals surface area contributed by atoms with Crippen LogP contribution in [0.2, 0.25) is 0 Å². The van der Waals surface area contributed by atoms with Crippen molar-refractivity contribution < 1.29 is 28.2 Å². The average molecular weight is 615 g/mol. The number of likely N-dealkylation sites (N-methyl/N-ethyl adjacent to an activating group) is 1. The summed E-state index contributed by atoms with van der Waals surface area (Å²) in [6, 6.07) is 12.6. The van der Waals surface area contributed by atoms with Gasteiger partial charge in [-0.1, -0.05) is 41.1 Å². The Labute approximate surface area is 241 Å². The van der Waals surface area contributed by atoms with Crippen LogP contribution in [0.25, 0.3) is 10.8 Å². The van der Waals surface area contributed by atoms with E-state index >= 15 is 4.39 Å². The van der Waals surface area contributed by atoms with Gasteiger partial charge < -0.3 is 29.7 Å². The molecule has 40 heavy (non-hydrogen) atoms. The highest BCUT2D eigenvalue weighted by Gasteiger charge is 2.52. The van der Waals surface area contributed by atoms with Crippen LogP contribution in [-0.4, -0.2) is 56.9 Å². The molecule has 0 saturated carbocycles. The summed E-state index contributed by atoms with van der Waals surface area (Å²) in [6.45, 7) is 2.60. The molecule has 2 heterocycles. The fourth-order valence-corrected chi connectivity index (χ4v) is 6.04. The average Bonchev–Trinajstić information content (AvgIpc) is 3.04. The molecule has 0 aromatic heterocycles. The Morgan fingerprint density at radius 1 is 1.23 bits per heavy atom. The maximum atomic E-state index is 15.5. The van der Waals surface area contributed by atoms with E-state index in [1.165, 1.54) is 11.0 Å². The molecule has 2 amide bonds. The molecular formula is C30H33BrFN3O5. The van der Waals surface area contributed by atoms with Gasteiger partial charge in [0.05, 0.1) is 38.6 Å². The third kappa shape index (κ3) is 5.15. The van der Waals surface area contributed by atoms with Crippen molar-refractivity contribution in [3.63, 3.8) is 0 Å². The summed E-state index contributed by atoms with van der Waals surface area (Å²) in [6.07, 6.45) is 1.15. The zero-order valence-corrected chi connectivity index (χ0v) is 24.3. The second-order valence-corrected chi connectivity index (χ2v) is 11.0. The number of nitrogens with one attached hydrogen (secondary N) is 2. The number of benzene rings is 3. The fourth-order valence-electron chi connectivity index (χ4n) is 5.66. The third-order valence-electron chi connectivity index (χ3n) is 7.87. The van der Waals surface area contributed by atoms with Gasteiger partial charge in [0.1, 0.15) is 17.4 Å². The SMILES string of the molecule is CCC(NC)C(=O)NC1C(=O)N(Cc2c(OC)ccc3cc(Br)ccc23)c2cccc(F)c2OC12CCOCC2. The number of halogens is 2. The second kappa shape index (κ2) is 11.7. The van der Waals surface area contributed by atoms with Gasteiger partial charge in [0, 0.05) is 22.9 Å². The Morgan fingerprint density at radius 3 is 2.70 bits per heavy atom. The summed E-state index contributed by atoms with van der Waals surface area (Å²) in [5.41, 5.74) is -0.133. The van der Waals surface area contributed by atoms with Crippen molar-refractivity contribution in [2.24, 2.45) is 0 Å². The molecule has 0 radical (unpaired) electrons. The maximum Gasteiger partial charge on any atom is 0.254 e. The zero-order chi connectivity index (χ0) is 28.4. The van der Waals surface area contributed by atoms with Crippen molar-refractivity contribution in [3.8, 4) is 11.5 Å². The highest BCUT2D eigenvalue weighted by Crippen LogP contribution is 2.44. The molecule has 2 unspecified atom stereocenters. The number of rotatable bonds is 7. The van der Waals surface area contributed by atoms with E-state index < -0.39 is 23.5 Å². The molecule has 2 N–H and O–H groups in total. The van der Waals surface area contributed by atoms with E-state index in [4.69, 9.17) is 14.2 Å². The van der Waals surface area contributed by atoms with Crippen LogP contribution >= 0.6 is 15.9 Å². The number of carbonyl (C=O) groups excluding carboxylic acids is 2. The summed E-state index contributed by atoms with van der Waals surface area (Å²) in [5, 5.41) is 7.82. The number of anilines is 1. The third-order valence-corrected chi connectivity index (χ3v) is 8.36. The lowest BCUT2D eigenvalue weighted by Crippen LogP contribution is -2.65. The van der Waals surface area contributed by atoms with Crippen LogP contribution < -0.4 is 25.0 Å². The van der Waals surface area contributed by atoms with Gasteiger partial charge in [0.25, 0.3) is 5.91 Å². The van der Waals surface area contributed by atoms with Crippen molar-refractivity contribution in [3.05, 3.63) is 64.4 Å². The Hall–Kier alpha value is -3.21. The maximum absolute atomic E-state index is 15.5. The lowest BCUT2D eigenvalue weighted by molar-refractivity contribution is -0.138. The molecule has 2 aliphatic heterocycles. The van der Waals surface area contributed by atoms with Crippen molar-refractivity contribution in [1.29, 1.82) is 0 Å². The van der Waals surface area contributed by atoms with E-state index in [1.54, 1.807) is 26.3 Å². The van der Waals surface area contributed by atoms with Crippen molar-refractivity contribution in [2.75, 3.05) is 32.3 Å². The van der Waals surface area contributed by atoms with E-state index in [9.17, 15) is 9.59 Å². The van der Waals surface area contributed by atoms with E-state index in [2.05, 4.69) is 26.6 Å². The van der Waals surface area contributed by atoms with Gasteiger partial charge in [0.2, 0.25) is 5.91 Å². The molecule has 10 heteroatoms. The van der Waals surface area contributed by atoms with Gasteiger partial charge in [-0.15, -0.1) is 0 Å². The van der Waals surface area contributed by atoms with E-state index in [1.807, 2.05) is 37.3 Å². The lowest BCUT2D eigenvalue weighted by atomic mass is 9.84. The molecule has 8 nitrogen and oxygen atoms in total. The minimum absolute atomic E-state index is 0.0166. The number of hydrogen-bond acceptors (Lipinski definition) is 6. The fraction of sp³-hybridized carbons (Fsp3) is 0.400. The Kier molecular flexibility index (Phi) is 8.30. The minimum Gasteiger partial charge on any atom is -0.496 e. The monoisotopic (exact) mass is 613 g/mol. The largest absolute Gasteiger partial charge is 0.496 e. The van der Waals surface area contributed by atoms with E-state index in [0.29, 0.717) is 43.9 Å². The van der Waals surface area contributed by atoms with Crippen LogP contribution in [0.4, 0.5) is 10.1 Å². The molecular weight excluding hydrogens is 581 g/mol. The number of hydrogen-bond donors (Lipinski definition) is 2. The van der Waals surface area contributed by atoms with Gasteiger partial charge in [0.15, 0.2) is 11.6 Å². The van der Waals surface area contributed by atoms with Crippen LogP contribution in [0.5, 0.6) is 11.5 Å². The van der Waals surface area contributed by atoms with Crippen LogP contribution in [0.3, 0.4) is 0 Å². The number of amides is 2. The highest BCUT2D eigenvalue weighted by molar-refractivity contribution is 9.10. The molecule has 212 valence electrons. The first-order valence-corrected chi connectivity index (χ1v) is 14.2. The van der Waals surface area contributed by atoms with E-state index in [-0.39, 0.29) is 24.1 Å². The molecule has 3 aromatic carbocycles. The Morgan fingerprint density at radius 2 is 2.00 bits per heavy atom. The zero-order valence-electron chi connectivity index (χ0n) is 22.8. The van der Waals surface area contributed by atoms with Gasteiger partial charge in [-0.05, 0) is 54.6 Å². The number of para-hydroxylation sites is 1. The molecule has 1 saturated heterocycles. The quantitative estimate of drug-likeness (QED) is 0.401. The van der Waals surface area contributed by atoms with Crippen LogP contribution in [-0.2, 0) is 20.9 Å². The number of fused-ring (bicyclic) bond motifs is 2. The number of nitrogens with zero attached hydrogens (tertiary/aromatic N) is 1. The first-order valence-electron chi connectivity index (χ1n) is 13.4. The summed E-state index contributed by atoms with van der Waals surface area (Å²) >= 11 is 3.53. The normalized spacial score (nSPS) is 19.1. The summed E-state index contributed by atoms with van der Waals surface area (Å²) in [5.74, 6) is -0.715. The van der Waals surface area contributed by atoms with Gasteiger partial charge in [-0.25, -0.2) is 4.39 Å². The smallest absolute Gasteiger partial charge is 0.254 e. The number of ether oxygens (including phenoxy) is 3. The predicted octanol–water partition coefficient (Wildman–Crippen LogP) is 4.71.